The first-order valence-corrected chi connectivity index (χ1v) is 8.34. The lowest BCUT2D eigenvalue weighted by atomic mass is 10.2. The Morgan fingerprint density at radius 2 is 2.08 bits per heavy atom. The fraction of sp³-hybridized carbons (Fsp3) is 0.200. The van der Waals surface area contributed by atoms with E-state index in [1.165, 1.54) is 6.08 Å². The molecule has 0 saturated heterocycles. The predicted molar refractivity (Wildman–Crippen MR) is 102 cm³/mol. The van der Waals surface area contributed by atoms with E-state index in [4.69, 9.17) is 9.47 Å². The molecule has 0 aliphatic rings. The molecule has 1 aromatic carbocycles. The quantitative estimate of drug-likeness (QED) is 0.688. The first kappa shape index (κ1) is 17.5. The second-order valence-electron chi connectivity index (χ2n) is 5.73. The Bertz CT molecular complexity index is 960. The van der Waals surface area contributed by atoms with Gasteiger partial charge in [0.2, 0.25) is 5.91 Å². The molecule has 26 heavy (non-hydrogen) atoms. The molecule has 0 bridgehead atoms. The van der Waals surface area contributed by atoms with Gasteiger partial charge in [0.05, 0.1) is 25.1 Å². The first-order chi connectivity index (χ1) is 12.6. The van der Waals surface area contributed by atoms with Crippen molar-refractivity contribution in [2.75, 3.05) is 19.0 Å². The van der Waals surface area contributed by atoms with Gasteiger partial charge >= 0.3 is 0 Å². The normalized spacial score (nSPS) is 11.0. The monoisotopic (exact) mass is 351 g/mol. The molecule has 0 spiro atoms. The third-order valence-electron chi connectivity index (χ3n) is 3.75. The van der Waals surface area contributed by atoms with Crippen molar-refractivity contribution in [1.29, 1.82) is 0 Å². The van der Waals surface area contributed by atoms with Crippen LogP contribution in [0.2, 0.25) is 0 Å². The number of pyridine rings is 1. The molecule has 0 unspecified atom stereocenters. The highest BCUT2D eigenvalue weighted by Crippen LogP contribution is 2.28. The lowest BCUT2D eigenvalue weighted by molar-refractivity contribution is -0.111. The van der Waals surface area contributed by atoms with Crippen LogP contribution >= 0.6 is 0 Å². The van der Waals surface area contributed by atoms with Crippen LogP contribution in [0.1, 0.15) is 18.2 Å². The summed E-state index contributed by atoms with van der Waals surface area (Å²) in [5.74, 6) is 1.10. The van der Waals surface area contributed by atoms with E-state index in [9.17, 15) is 4.79 Å². The average Bonchev–Trinajstić information content (AvgIpc) is 3.00. The molecule has 3 rings (SSSR count). The van der Waals surface area contributed by atoms with Crippen LogP contribution in [0.15, 0.2) is 48.8 Å². The van der Waals surface area contributed by atoms with E-state index in [-0.39, 0.29) is 5.91 Å². The zero-order valence-corrected chi connectivity index (χ0v) is 15.0. The van der Waals surface area contributed by atoms with E-state index in [2.05, 4.69) is 10.3 Å². The summed E-state index contributed by atoms with van der Waals surface area (Å²) in [6, 6.07) is 9.22. The Balaban J connectivity index is 1.70. The number of aromatic nitrogens is 2. The van der Waals surface area contributed by atoms with E-state index in [0.717, 1.165) is 16.9 Å². The summed E-state index contributed by atoms with van der Waals surface area (Å²) in [4.78, 5) is 16.5. The third-order valence-corrected chi connectivity index (χ3v) is 3.75. The predicted octanol–water partition coefficient (Wildman–Crippen LogP) is 3.70. The van der Waals surface area contributed by atoms with E-state index in [0.29, 0.717) is 23.8 Å². The van der Waals surface area contributed by atoms with Gasteiger partial charge in [0, 0.05) is 18.5 Å². The molecule has 3 aromatic rings. The number of hydrogen-bond acceptors (Lipinski definition) is 4. The van der Waals surface area contributed by atoms with Crippen LogP contribution < -0.4 is 14.8 Å². The first-order valence-electron chi connectivity index (χ1n) is 8.34. The van der Waals surface area contributed by atoms with Gasteiger partial charge in [-0.3, -0.25) is 4.79 Å². The van der Waals surface area contributed by atoms with Gasteiger partial charge in [-0.2, -0.15) is 0 Å². The van der Waals surface area contributed by atoms with E-state index in [1.54, 1.807) is 13.2 Å². The number of imidazole rings is 1. The van der Waals surface area contributed by atoms with Gasteiger partial charge in [-0.15, -0.1) is 0 Å². The molecule has 1 amide bonds. The molecule has 0 fully saturated rings. The van der Waals surface area contributed by atoms with E-state index < -0.39 is 0 Å². The van der Waals surface area contributed by atoms with Crippen molar-refractivity contribution in [3.8, 4) is 11.5 Å². The Hall–Kier alpha value is -3.28. The fourth-order valence-electron chi connectivity index (χ4n) is 2.61. The number of nitrogens with zero attached hydrogens (tertiary/aromatic N) is 2. The van der Waals surface area contributed by atoms with Gasteiger partial charge in [-0.1, -0.05) is 6.07 Å². The Morgan fingerprint density at radius 3 is 2.85 bits per heavy atom. The van der Waals surface area contributed by atoms with Gasteiger partial charge in [0.1, 0.15) is 5.65 Å². The van der Waals surface area contributed by atoms with Crippen LogP contribution in [-0.2, 0) is 4.79 Å². The summed E-state index contributed by atoms with van der Waals surface area (Å²) in [7, 11) is 1.59. The molecule has 6 nitrogen and oxygen atoms in total. The number of rotatable bonds is 6. The van der Waals surface area contributed by atoms with Crippen LogP contribution in [0.5, 0.6) is 11.5 Å². The second kappa shape index (κ2) is 7.74. The number of carbonyl (C=O) groups excluding carboxylic acids is 1. The molecule has 0 saturated carbocycles. The molecule has 0 radical (unpaired) electrons. The number of methoxy groups -OCH3 is 1. The van der Waals surface area contributed by atoms with Gasteiger partial charge in [-0.25, -0.2) is 4.98 Å². The molecule has 0 aliphatic carbocycles. The summed E-state index contributed by atoms with van der Waals surface area (Å²) < 4.78 is 12.7. The highest BCUT2D eigenvalue weighted by Gasteiger charge is 2.05. The van der Waals surface area contributed by atoms with Gasteiger partial charge in [0.25, 0.3) is 0 Å². The lowest BCUT2D eigenvalue weighted by Crippen LogP contribution is -2.08. The number of ether oxygens (including phenoxy) is 2. The summed E-state index contributed by atoms with van der Waals surface area (Å²) in [6.45, 7) is 4.41. The minimum absolute atomic E-state index is 0.214. The number of hydrogen-bond donors (Lipinski definition) is 1. The molecule has 2 heterocycles. The van der Waals surface area contributed by atoms with Crippen LogP contribution in [0.3, 0.4) is 0 Å². The maximum absolute atomic E-state index is 12.2. The molecular weight excluding hydrogens is 330 g/mol. The van der Waals surface area contributed by atoms with Crippen molar-refractivity contribution in [1.82, 2.24) is 9.38 Å². The van der Waals surface area contributed by atoms with Crippen LogP contribution in [0.25, 0.3) is 11.7 Å². The zero-order valence-electron chi connectivity index (χ0n) is 15.0. The summed E-state index contributed by atoms with van der Waals surface area (Å²) >= 11 is 0. The maximum atomic E-state index is 12.2. The van der Waals surface area contributed by atoms with Gasteiger partial charge < -0.3 is 19.2 Å². The van der Waals surface area contributed by atoms with Gasteiger partial charge in [-0.05, 0) is 49.8 Å². The minimum atomic E-state index is -0.214. The third kappa shape index (κ3) is 4.03. The van der Waals surface area contributed by atoms with Crippen molar-refractivity contribution >= 4 is 23.3 Å². The minimum Gasteiger partial charge on any atom is -0.493 e. The maximum Gasteiger partial charge on any atom is 0.248 e. The SMILES string of the molecule is CCOc1ccc(/C=C/C(=O)Nc2ccc3nc(C)cn3c2)cc1OC. The lowest BCUT2D eigenvalue weighted by Gasteiger charge is -2.09. The Morgan fingerprint density at radius 1 is 1.23 bits per heavy atom. The molecule has 134 valence electrons. The molecule has 0 aliphatic heterocycles. The van der Waals surface area contributed by atoms with Crippen molar-refractivity contribution in [2.24, 2.45) is 0 Å². The average molecular weight is 351 g/mol. The number of nitrogens with one attached hydrogen (secondary N) is 1. The largest absolute Gasteiger partial charge is 0.493 e. The molecule has 6 heteroatoms. The van der Waals surface area contributed by atoms with Crippen molar-refractivity contribution in [3.63, 3.8) is 0 Å². The number of amides is 1. The Kier molecular flexibility index (Phi) is 5.22. The van der Waals surface area contributed by atoms with Crippen LogP contribution in [0.4, 0.5) is 5.69 Å². The second-order valence-corrected chi connectivity index (χ2v) is 5.73. The van der Waals surface area contributed by atoms with Crippen molar-refractivity contribution in [2.45, 2.75) is 13.8 Å². The standard InChI is InChI=1S/C20H21N3O3/c1-4-26-17-8-5-15(11-18(17)25-3)6-10-20(24)22-16-7-9-19-21-14(2)12-23(19)13-16/h5-13H,4H2,1-3H3,(H,22,24)/b10-6+. The van der Waals surface area contributed by atoms with E-state index >= 15 is 0 Å². The Labute approximate surface area is 152 Å². The fourth-order valence-corrected chi connectivity index (χ4v) is 2.61. The highest BCUT2D eigenvalue weighted by atomic mass is 16.5. The summed E-state index contributed by atoms with van der Waals surface area (Å²) in [5.41, 5.74) is 3.32. The zero-order chi connectivity index (χ0) is 18.5. The number of carbonyl (C=O) groups is 1. The molecule has 1 N–H and O–H groups in total. The van der Waals surface area contributed by atoms with Gasteiger partial charge in [0.15, 0.2) is 11.5 Å². The smallest absolute Gasteiger partial charge is 0.248 e. The number of anilines is 1. The van der Waals surface area contributed by atoms with Crippen molar-refractivity contribution < 1.29 is 14.3 Å². The number of benzene rings is 1. The molecular formula is C20H21N3O3. The summed E-state index contributed by atoms with van der Waals surface area (Å²) in [6.07, 6.45) is 6.96. The van der Waals surface area contributed by atoms with Crippen LogP contribution in [-0.4, -0.2) is 29.0 Å². The van der Waals surface area contributed by atoms with Crippen LogP contribution in [0, 0.1) is 6.92 Å². The number of fused-ring (bicyclic) bond motifs is 1. The topological polar surface area (TPSA) is 64.9 Å². The molecule has 0 atom stereocenters. The summed E-state index contributed by atoms with van der Waals surface area (Å²) in [5, 5.41) is 2.84. The highest BCUT2D eigenvalue weighted by molar-refractivity contribution is 6.01. The van der Waals surface area contributed by atoms with E-state index in [1.807, 2.05) is 61.0 Å². The van der Waals surface area contributed by atoms with Crippen molar-refractivity contribution in [3.05, 3.63) is 60.1 Å². The molecule has 2 aromatic heterocycles. The number of aryl methyl sites for hydroxylation is 1.